The van der Waals surface area contributed by atoms with Gasteiger partial charge in [-0.15, -0.1) is 0 Å². The highest BCUT2D eigenvalue weighted by Crippen LogP contribution is 2.35. The van der Waals surface area contributed by atoms with Crippen LogP contribution in [-0.4, -0.2) is 26.6 Å². The molecule has 0 atom stereocenters. The van der Waals surface area contributed by atoms with E-state index in [2.05, 4.69) is 15.3 Å². The molecule has 0 aromatic carbocycles. The monoisotopic (exact) mass is 235 g/mol. The van der Waals surface area contributed by atoms with E-state index in [0.29, 0.717) is 11.9 Å². The molecule has 0 saturated heterocycles. The average molecular weight is 235 g/mol. The fourth-order valence-electron chi connectivity index (χ4n) is 1.69. The quantitative estimate of drug-likeness (QED) is 0.835. The first-order valence-corrected chi connectivity index (χ1v) is 5.82. The summed E-state index contributed by atoms with van der Waals surface area (Å²) in [5.74, 6) is 0.0289. The van der Waals surface area contributed by atoms with Crippen molar-refractivity contribution < 1.29 is 9.90 Å². The Morgan fingerprint density at radius 1 is 1.41 bits per heavy atom. The van der Waals surface area contributed by atoms with Crippen LogP contribution in [0.2, 0.25) is 0 Å². The predicted molar refractivity (Wildman–Crippen MR) is 64.0 cm³/mol. The number of nitrogens with one attached hydrogen (secondary N) is 1. The van der Waals surface area contributed by atoms with Crippen molar-refractivity contribution in [3.05, 3.63) is 18.0 Å². The fraction of sp³-hybridized carbons (Fsp3) is 0.583. The van der Waals surface area contributed by atoms with Gasteiger partial charge in [-0.3, -0.25) is 0 Å². The Balaban J connectivity index is 2.05. The summed E-state index contributed by atoms with van der Waals surface area (Å²) in [4.78, 5) is 19.3. The van der Waals surface area contributed by atoms with Gasteiger partial charge in [-0.2, -0.15) is 0 Å². The average Bonchev–Trinajstić information content (AvgIpc) is 2.17. The Morgan fingerprint density at radius 2 is 2.00 bits per heavy atom. The van der Waals surface area contributed by atoms with Crippen molar-refractivity contribution in [1.29, 1.82) is 0 Å². The van der Waals surface area contributed by atoms with Gasteiger partial charge in [-0.25, -0.2) is 14.8 Å². The summed E-state index contributed by atoms with van der Waals surface area (Å²) >= 11 is 0. The molecule has 2 rings (SSSR count). The first-order chi connectivity index (χ1) is 7.99. The number of nitrogens with zero attached hydrogens (tertiary/aromatic N) is 2. The van der Waals surface area contributed by atoms with Crippen molar-refractivity contribution in [1.82, 2.24) is 9.97 Å². The molecule has 1 heterocycles. The van der Waals surface area contributed by atoms with Crippen LogP contribution in [0.25, 0.3) is 0 Å². The van der Waals surface area contributed by atoms with Crippen LogP contribution in [0.1, 0.15) is 44.6 Å². The molecule has 1 aliphatic carbocycles. The van der Waals surface area contributed by atoms with Crippen molar-refractivity contribution in [2.24, 2.45) is 0 Å². The zero-order valence-corrected chi connectivity index (χ0v) is 10.1. The Labute approximate surface area is 100 Å². The van der Waals surface area contributed by atoms with E-state index in [1.54, 1.807) is 26.2 Å². The van der Waals surface area contributed by atoms with Gasteiger partial charge in [0.2, 0.25) is 5.95 Å². The second kappa shape index (κ2) is 4.31. The molecule has 17 heavy (non-hydrogen) atoms. The van der Waals surface area contributed by atoms with Gasteiger partial charge < -0.3 is 10.4 Å². The third-order valence-electron chi connectivity index (χ3n) is 3.21. The minimum absolute atomic E-state index is 0.362. The summed E-state index contributed by atoms with van der Waals surface area (Å²) in [6.07, 6.45) is 7.26. The Bertz CT molecular complexity index is 410. The molecule has 1 aromatic rings. The van der Waals surface area contributed by atoms with E-state index in [1.165, 1.54) is 19.3 Å². The van der Waals surface area contributed by atoms with Crippen LogP contribution in [0.3, 0.4) is 0 Å². The van der Waals surface area contributed by atoms with Crippen molar-refractivity contribution in [2.45, 2.75) is 44.6 Å². The normalized spacial score (nSPS) is 16.4. The van der Waals surface area contributed by atoms with E-state index in [0.717, 1.165) is 5.56 Å². The Kier molecular flexibility index (Phi) is 3.00. The van der Waals surface area contributed by atoms with Crippen LogP contribution in [0, 0.1) is 0 Å². The van der Waals surface area contributed by atoms with Gasteiger partial charge >= 0.3 is 5.97 Å². The van der Waals surface area contributed by atoms with Crippen LogP contribution >= 0.6 is 0 Å². The third kappa shape index (κ3) is 2.54. The van der Waals surface area contributed by atoms with Crippen LogP contribution in [0.15, 0.2) is 12.4 Å². The topological polar surface area (TPSA) is 75.1 Å². The summed E-state index contributed by atoms with van der Waals surface area (Å²) in [6, 6.07) is 0. The van der Waals surface area contributed by atoms with Crippen molar-refractivity contribution in [3.8, 4) is 0 Å². The molecule has 5 nitrogen and oxygen atoms in total. The molecular formula is C12H17N3O2. The van der Waals surface area contributed by atoms with Gasteiger partial charge in [0.15, 0.2) is 0 Å². The van der Waals surface area contributed by atoms with Crippen molar-refractivity contribution >= 4 is 11.9 Å². The maximum absolute atomic E-state index is 10.9. The molecule has 0 amide bonds. The zero-order chi connectivity index (χ0) is 12.5. The number of anilines is 1. The van der Waals surface area contributed by atoms with Gasteiger partial charge in [-0.05, 0) is 38.2 Å². The van der Waals surface area contributed by atoms with Gasteiger partial charge in [0, 0.05) is 12.4 Å². The molecular weight excluding hydrogens is 218 g/mol. The molecule has 0 radical (unpaired) electrons. The number of carbonyl (C=O) groups is 1. The maximum atomic E-state index is 10.9. The van der Waals surface area contributed by atoms with Crippen LogP contribution in [0.4, 0.5) is 5.95 Å². The lowest BCUT2D eigenvalue weighted by Gasteiger charge is -2.25. The second-order valence-electron chi connectivity index (χ2n) is 5.02. The number of carboxylic acids is 1. The van der Waals surface area contributed by atoms with Crippen molar-refractivity contribution in [2.75, 3.05) is 5.32 Å². The van der Waals surface area contributed by atoms with E-state index >= 15 is 0 Å². The van der Waals surface area contributed by atoms with Gasteiger partial charge in [0.25, 0.3) is 0 Å². The summed E-state index contributed by atoms with van der Waals surface area (Å²) in [5.41, 5.74) is 0.0905. The number of carboxylic acid groups (broad SMARTS) is 1. The van der Waals surface area contributed by atoms with Crippen LogP contribution in [-0.2, 0) is 4.79 Å². The molecule has 0 unspecified atom stereocenters. The standard InChI is InChI=1S/C12H17N3O2/c1-12(2,10(16)17)15-11-13-6-9(7-14-11)8-4-3-5-8/h6-8H,3-5H2,1-2H3,(H,16,17)(H,13,14,15). The van der Waals surface area contributed by atoms with E-state index in [4.69, 9.17) is 5.11 Å². The number of aromatic nitrogens is 2. The molecule has 5 heteroatoms. The highest BCUT2D eigenvalue weighted by Gasteiger charge is 2.28. The van der Waals surface area contributed by atoms with Gasteiger partial charge in [-0.1, -0.05) is 6.42 Å². The molecule has 1 fully saturated rings. The summed E-state index contributed by atoms with van der Waals surface area (Å²) in [7, 11) is 0. The first kappa shape index (κ1) is 11.8. The molecule has 0 spiro atoms. The maximum Gasteiger partial charge on any atom is 0.328 e. The number of aliphatic carboxylic acids is 1. The van der Waals surface area contributed by atoms with Crippen molar-refractivity contribution in [3.63, 3.8) is 0 Å². The Hall–Kier alpha value is -1.65. The minimum Gasteiger partial charge on any atom is -0.480 e. The SMILES string of the molecule is CC(C)(Nc1ncc(C2CCC2)cn1)C(=O)O. The van der Waals surface area contributed by atoms with Gasteiger partial charge in [0.05, 0.1) is 0 Å². The lowest BCUT2D eigenvalue weighted by molar-refractivity contribution is -0.141. The fourth-order valence-corrected chi connectivity index (χ4v) is 1.69. The van der Waals surface area contributed by atoms with E-state index in [-0.39, 0.29) is 0 Å². The number of hydrogen-bond donors (Lipinski definition) is 2. The lowest BCUT2D eigenvalue weighted by atomic mass is 9.81. The molecule has 1 saturated carbocycles. The predicted octanol–water partition coefficient (Wildman–Crippen LogP) is 2.02. The number of rotatable bonds is 4. The molecule has 92 valence electrons. The smallest absolute Gasteiger partial charge is 0.328 e. The largest absolute Gasteiger partial charge is 0.480 e. The van der Waals surface area contributed by atoms with Crippen LogP contribution < -0.4 is 5.32 Å². The molecule has 1 aromatic heterocycles. The summed E-state index contributed by atoms with van der Waals surface area (Å²) in [6.45, 7) is 3.16. The van der Waals surface area contributed by atoms with Crippen LogP contribution in [0.5, 0.6) is 0 Å². The molecule has 2 N–H and O–H groups in total. The Morgan fingerprint density at radius 3 is 2.41 bits per heavy atom. The molecule has 1 aliphatic rings. The second-order valence-corrected chi connectivity index (χ2v) is 5.02. The summed E-state index contributed by atoms with van der Waals surface area (Å²) < 4.78 is 0. The van der Waals surface area contributed by atoms with E-state index in [1.807, 2.05) is 0 Å². The summed E-state index contributed by atoms with van der Waals surface area (Å²) in [5, 5.41) is 11.8. The minimum atomic E-state index is -1.06. The lowest BCUT2D eigenvalue weighted by Crippen LogP contribution is -2.40. The number of hydrogen-bond acceptors (Lipinski definition) is 4. The molecule has 0 aliphatic heterocycles. The van der Waals surface area contributed by atoms with Gasteiger partial charge in [0.1, 0.15) is 5.54 Å². The highest BCUT2D eigenvalue weighted by molar-refractivity contribution is 5.80. The first-order valence-electron chi connectivity index (χ1n) is 5.82. The highest BCUT2D eigenvalue weighted by atomic mass is 16.4. The zero-order valence-electron chi connectivity index (χ0n) is 10.1. The third-order valence-corrected chi connectivity index (χ3v) is 3.21. The van der Waals surface area contributed by atoms with E-state index < -0.39 is 11.5 Å². The van der Waals surface area contributed by atoms with E-state index in [9.17, 15) is 4.79 Å². The molecule has 0 bridgehead atoms.